The van der Waals surface area contributed by atoms with Crippen LogP contribution in [-0.4, -0.2) is 30.1 Å². The molecule has 0 unspecified atom stereocenters. The summed E-state index contributed by atoms with van der Waals surface area (Å²) in [6.07, 6.45) is 0.419. The van der Waals surface area contributed by atoms with Crippen LogP contribution >= 0.6 is 0 Å². The lowest BCUT2D eigenvalue weighted by Gasteiger charge is -2.19. The highest BCUT2D eigenvalue weighted by Crippen LogP contribution is 2.16. The first-order valence-electron chi connectivity index (χ1n) is 6.19. The van der Waals surface area contributed by atoms with E-state index in [1.807, 2.05) is 0 Å². The monoisotopic (exact) mass is 264 g/mol. The number of benzene rings is 1. The number of aromatic hydroxyl groups is 1. The number of phenols is 1. The molecule has 102 valence electrons. The van der Waals surface area contributed by atoms with Crippen LogP contribution < -0.4 is 0 Å². The molecule has 1 aromatic carbocycles. The Balaban J connectivity index is 1.79. The predicted octanol–water partition coefficient (Wildman–Crippen LogP) is 1.43. The van der Waals surface area contributed by atoms with Gasteiger partial charge in [0.05, 0.1) is 25.6 Å². The molecule has 0 saturated carbocycles. The molecule has 1 heterocycles. The summed E-state index contributed by atoms with van der Waals surface area (Å²) in [5, 5.41) is 9.27. The van der Waals surface area contributed by atoms with Gasteiger partial charge in [-0.3, -0.25) is 9.59 Å². The number of ether oxygens (including phenoxy) is 2. The van der Waals surface area contributed by atoms with Crippen molar-refractivity contribution < 1.29 is 24.2 Å². The Kier molecular flexibility index (Phi) is 4.52. The molecule has 2 rings (SSSR count). The Hall–Kier alpha value is -1.88. The van der Waals surface area contributed by atoms with Crippen molar-refractivity contribution in [1.82, 2.24) is 0 Å². The molecule has 1 aliphatic heterocycles. The van der Waals surface area contributed by atoms with Gasteiger partial charge in [-0.1, -0.05) is 12.1 Å². The van der Waals surface area contributed by atoms with E-state index in [1.54, 1.807) is 18.2 Å². The van der Waals surface area contributed by atoms with Gasteiger partial charge in [0.25, 0.3) is 0 Å². The lowest BCUT2D eigenvalue weighted by molar-refractivity contribution is -0.150. The van der Waals surface area contributed by atoms with Gasteiger partial charge in [0, 0.05) is 6.42 Å². The van der Waals surface area contributed by atoms with Crippen LogP contribution in [0.3, 0.4) is 0 Å². The smallest absolute Gasteiger partial charge is 0.306 e. The Morgan fingerprint density at radius 1 is 1.47 bits per heavy atom. The molecule has 19 heavy (non-hydrogen) atoms. The number of Topliss-reactive ketones (excluding diaryl/α,β-unsaturated/α-hetero) is 1. The third-order valence-electron chi connectivity index (χ3n) is 2.99. The number of esters is 1. The molecule has 5 heteroatoms. The molecule has 0 radical (unpaired) electrons. The van der Waals surface area contributed by atoms with Crippen molar-refractivity contribution in [2.24, 2.45) is 5.92 Å². The van der Waals surface area contributed by atoms with E-state index in [1.165, 1.54) is 6.07 Å². The summed E-state index contributed by atoms with van der Waals surface area (Å²) < 4.78 is 10.2. The largest absolute Gasteiger partial charge is 0.508 e. The van der Waals surface area contributed by atoms with Crippen LogP contribution in [-0.2, 0) is 25.7 Å². The lowest BCUT2D eigenvalue weighted by atomic mass is 9.97. The van der Waals surface area contributed by atoms with Gasteiger partial charge in [0.1, 0.15) is 18.1 Å². The molecular formula is C14H16O5. The lowest BCUT2D eigenvalue weighted by Crippen LogP contribution is -2.29. The number of ketones is 1. The van der Waals surface area contributed by atoms with Crippen molar-refractivity contribution >= 4 is 11.8 Å². The Labute approximate surface area is 111 Å². The van der Waals surface area contributed by atoms with E-state index in [2.05, 4.69) is 0 Å². The molecule has 0 aliphatic carbocycles. The van der Waals surface area contributed by atoms with Crippen molar-refractivity contribution in [2.75, 3.05) is 13.2 Å². The number of hydrogen-bond acceptors (Lipinski definition) is 5. The first-order valence-corrected chi connectivity index (χ1v) is 6.19. The van der Waals surface area contributed by atoms with E-state index in [9.17, 15) is 14.7 Å². The summed E-state index contributed by atoms with van der Waals surface area (Å²) in [5.74, 6) is -0.623. The number of phenolic OH excluding ortho intramolecular Hbond substituents is 1. The fourth-order valence-electron chi connectivity index (χ4n) is 1.94. The van der Waals surface area contributed by atoms with Gasteiger partial charge in [-0.25, -0.2) is 0 Å². The number of rotatable bonds is 4. The topological polar surface area (TPSA) is 72.8 Å². The van der Waals surface area contributed by atoms with Crippen molar-refractivity contribution in [3.8, 4) is 5.75 Å². The highest BCUT2D eigenvalue weighted by molar-refractivity contribution is 5.86. The zero-order valence-corrected chi connectivity index (χ0v) is 10.5. The van der Waals surface area contributed by atoms with Gasteiger partial charge >= 0.3 is 5.97 Å². The van der Waals surface area contributed by atoms with Crippen LogP contribution in [0.1, 0.15) is 18.4 Å². The van der Waals surface area contributed by atoms with E-state index < -0.39 is 5.97 Å². The van der Waals surface area contributed by atoms with Gasteiger partial charge in [0.15, 0.2) is 0 Å². The maximum atomic E-state index is 11.6. The second-order valence-electron chi connectivity index (χ2n) is 4.52. The number of carbonyl (C=O) groups is 2. The normalized spacial score (nSPS) is 19.2. The standard InChI is InChI=1S/C14H16O5/c15-12-3-1-2-10(6-12)8-19-14(17)7-11-9-18-5-4-13(11)16/h1-3,6,11,15H,4-5,7-9H2/t11-/m1/s1. The zero-order chi connectivity index (χ0) is 13.7. The minimum Gasteiger partial charge on any atom is -0.508 e. The summed E-state index contributed by atoms with van der Waals surface area (Å²) in [5.41, 5.74) is 0.708. The molecule has 1 aliphatic rings. The minimum absolute atomic E-state index is 0.0532. The SMILES string of the molecule is O=C(C[C@@H]1COCCC1=O)OCc1cccc(O)c1. The van der Waals surface area contributed by atoms with Gasteiger partial charge in [-0.15, -0.1) is 0 Å². The second-order valence-corrected chi connectivity index (χ2v) is 4.52. The van der Waals surface area contributed by atoms with Crippen LogP contribution in [0.4, 0.5) is 0 Å². The molecule has 1 atom stereocenters. The molecule has 1 aromatic rings. The second kappa shape index (κ2) is 6.33. The van der Waals surface area contributed by atoms with Crippen LogP contribution in [0, 0.1) is 5.92 Å². The van der Waals surface area contributed by atoms with E-state index >= 15 is 0 Å². The van der Waals surface area contributed by atoms with E-state index in [4.69, 9.17) is 9.47 Å². The average Bonchev–Trinajstić information content (AvgIpc) is 2.39. The van der Waals surface area contributed by atoms with Crippen molar-refractivity contribution in [1.29, 1.82) is 0 Å². The first-order chi connectivity index (χ1) is 9.15. The van der Waals surface area contributed by atoms with E-state index in [-0.39, 0.29) is 30.5 Å². The van der Waals surface area contributed by atoms with Crippen LogP contribution in [0.5, 0.6) is 5.75 Å². The molecule has 5 nitrogen and oxygen atoms in total. The predicted molar refractivity (Wildman–Crippen MR) is 66.5 cm³/mol. The Morgan fingerprint density at radius 3 is 3.05 bits per heavy atom. The minimum atomic E-state index is -0.424. The molecule has 1 N–H and O–H groups in total. The fraction of sp³-hybridized carbons (Fsp3) is 0.429. The Bertz CT molecular complexity index is 469. The van der Waals surface area contributed by atoms with E-state index in [0.29, 0.717) is 25.2 Å². The molecule has 0 bridgehead atoms. The van der Waals surface area contributed by atoms with Gasteiger partial charge in [-0.05, 0) is 17.7 Å². The first kappa shape index (κ1) is 13.5. The Morgan fingerprint density at radius 2 is 2.32 bits per heavy atom. The maximum absolute atomic E-state index is 11.6. The van der Waals surface area contributed by atoms with Crippen LogP contribution in [0.15, 0.2) is 24.3 Å². The molecule has 0 amide bonds. The summed E-state index contributed by atoms with van der Waals surface area (Å²) in [7, 11) is 0. The maximum Gasteiger partial charge on any atom is 0.306 e. The van der Waals surface area contributed by atoms with Crippen molar-refractivity contribution in [3.63, 3.8) is 0 Å². The average molecular weight is 264 g/mol. The van der Waals surface area contributed by atoms with Crippen molar-refractivity contribution in [3.05, 3.63) is 29.8 Å². The molecular weight excluding hydrogens is 248 g/mol. The van der Waals surface area contributed by atoms with Crippen LogP contribution in [0.25, 0.3) is 0 Å². The summed E-state index contributed by atoms with van der Waals surface area (Å²) in [6, 6.07) is 6.50. The highest BCUT2D eigenvalue weighted by atomic mass is 16.5. The van der Waals surface area contributed by atoms with Crippen LogP contribution in [0.2, 0.25) is 0 Å². The van der Waals surface area contributed by atoms with Gasteiger partial charge in [-0.2, -0.15) is 0 Å². The molecule has 0 spiro atoms. The third-order valence-corrected chi connectivity index (χ3v) is 2.99. The molecule has 1 fully saturated rings. The fourth-order valence-corrected chi connectivity index (χ4v) is 1.94. The summed E-state index contributed by atoms with van der Waals surface area (Å²) >= 11 is 0. The van der Waals surface area contributed by atoms with E-state index in [0.717, 1.165) is 0 Å². The molecule has 0 aromatic heterocycles. The molecule has 1 saturated heterocycles. The quantitative estimate of drug-likeness (QED) is 0.833. The zero-order valence-electron chi connectivity index (χ0n) is 10.5. The third kappa shape index (κ3) is 4.06. The van der Waals surface area contributed by atoms with Crippen molar-refractivity contribution in [2.45, 2.75) is 19.4 Å². The number of hydrogen-bond donors (Lipinski definition) is 1. The van der Waals surface area contributed by atoms with Gasteiger partial charge in [0.2, 0.25) is 0 Å². The summed E-state index contributed by atoms with van der Waals surface area (Å²) in [6.45, 7) is 0.822. The number of carbonyl (C=O) groups excluding carboxylic acids is 2. The summed E-state index contributed by atoms with van der Waals surface area (Å²) in [4.78, 5) is 23.2. The van der Waals surface area contributed by atoms with Gasteiger partial charge < -0.3 is 14.6 Å². The highest BCUT2D eigenvalue weighted by Gasteiger charge is 2.25.